The van der Waals surface area contributed by atoms with E-state index in [0.29, 0.717) is 19.4 Å². The van der Waals surface area contributed by atoms with Crippen LogP contribution in [0, 0.1) is 0 Å². The van der Waals surface area contributed by atoms with Crippen molar-refractivity contribution in [2.75, 3.05) is 12.3 Å². The molecule has 0 saturated carbocycles. The van der Waals surface area contributed by atoms with Crippen molar-refractivity contribution >= 4 is 33.3 Å². The van der Waals surface area contributed by atoms with E-state index in [1.807, 2.05) is 18.2 Å². The first kappa shape index (κ1) is 17.0. The van der Waals surface area contributed by atoms with Crippen molar-refractivity contribution in [1.82, 2.24) is 10.3 Å². The van der Waals surface area contributed by atoms with Crippen LogP contribution in [0.25, 0.3) is 0 Å². The molecule has 1 rings (SSSR count). The average molecular weight is 312 g/mol. The number of rotatable bonds is 10. The van der Waals surface area contributed by atoms with E-state index in [9.17, 15) is 9.59 Å². The summed E-state index contributed by atoms with van der Waals surface area (Å²) in [5, 5.41) is 3.83. The van der Waals surface area contributed by atoms with Crippen LogP contribution < -0.4 is 5.32 Å². The van der Waals surface area contributed by atoms with Crippen LogP contribution in [-0.2, 0) is 9.59 Å². The van der Waals surface area contributed by atoms with Gasteiger partial charge in [-0.1, -0.05) is 16.9 Å². The molecule has 1 heterocycles. The molecule has 20 heavy (non-hydrogen) atoms. The fraction of sp³-hybridized carbons (Fsp3) is 0.500. The summed E-state index contributed by atoms with van der Waals surface area (Å²) < 4.78 is 0. The molecule has 4 nitrogen and oxygen atoms in total. The van der Waals surface area contributed by atoms with Crippen molar-refractivity contribution in [1.29, 1.82) is 0 Å². The fourth-order valence-electron chi connectivity index (χ4n) is 1.45. The highest BCUT2D eigenvalue weighted by molar-refractivity contribution is 8.76. The number of nitrogens with zero attached hydrogens (tertiary/aromatic N) is 1. The molecule has 1 N–H and O–H groups in total. The van der Waals surface area contributed by atoms with Gasteiger partial charge in [0.1, 0.15) is 10.8 Å². The third-order valence-corrected chi connectivity index (χ3v) is 4.74. The van der Waals surface area contributed by atoms with Crippen molar-refractivity contribution in [2.45, 2.75) is 37.6 Å². The molecule has 0 aliphatic heterocycles. The maximum atomic E-state index is 11.5. The van der Waals surface area contributed by atoms with Gasteiger partial charge in [-0.05, 0) is 42.7 Å². The lowest BCUT2D eigenvalue weighted by atomic mass is 10.2. The Labute approximate surface area is 127 Å². The lowest BCUT2D eigenvalue weighted by molar-refractivity contribution is -0.120. The summed E-state index contributed by atoms with van der Waals surface area (Å²) in [7, 11) is 3.22. The van der Waals surface area contributed by atoms with Crippen LogP contribution in [0.4, 0.5) is 0 Å². The number of amides is 1. The van der Waals surface area contributed by atoms with E-state index in [2.05, 4.69) is 10.3 Å². The minimum Gasteiger partial charge on any atom is -0.356 e. The molecule has 0 bridgehead atoms. The summed E-state index contributed by atoms with van der Waals surface area (Å²) in [5.74, 6) is 1.04. The predicted molar refractivity (Wildman–Crippen MR) is 84.7 cm³/mol. The van der Waals surface area contributed by atoms with Crippen molar-refractivity contribution in [3.05, 3.63) is 24.4 Å². The van der Waals surface area contributed by atoms with Crippen molar-refractivity contribution < 1.29 is 9.59 Å². The molecule has 0 aliphatic rings. The summed E-state index contributed by atoms with van der Waals surface area (Å²) >= 11 is 0. The van der Waals surface area contributed by atoms with E-state index in [4.69, 9.17) is 0 Å². The molecule has 0 radical (unpaired) electrons. The van der Waals surface area contributed by atoms with Gasteiger partial charge in [-0.25, -0.2) is 4.98 Å². The summed E-state index contributed by atoms with van der Waals surface area (Å²) in [6.07, 6.45) is 4.58. The number of pyridine rings is 1. The molecule has 0 aromatic carbocycles. The number of carbonyl (C=O) groups is 2. The Hall–Kier alpha value is -1.01. The first-order chi connectivity index (χ1) is 9.68. The number of carbonyl (C=O) groups excluding carboxylic acids is 2. The van der Waals surface area contributed by atoms with E-state index in [-0.39, 0.29) is 11.7 Å². The van der Waals surface area contributed by atoms with Gasteiger partial charge in [-0.2, -0.15) is 0 Å². The quantitative estimate of drug-likeness (QED) is 0.531. The minimum atomic E-state index is 0.0712. The van der Waals surface area contributed by atoms with E-state index in [1.165, 1.54) is 0 Å². The zero-order chi connectivity index (χ0) is 14.6. The zero-order valence-corrected chi connectivity index (χ0v) is 13.3. The first-order valence-electron chi connectivity index (χ1n) is 6.65. The maximum Gasteiger partial charge on any atom is 0.220 e. The number of unbranched alkanes of at least 4 members (excludes halogenated alkanes) is 1. The van der Waals surface area contributed by atoms with E-state index < -0.39 is 0 Å². The molecule has 6 heteroatoms. The van der Waals surface area contributed by atoms with Gasteiger partial charge in [0.2, 0.25) is 5.91 Å². The van der Waals surface area contributed by atoms with Crippen LogP contribution in [0.15, 0.2) is 29.4 Å². The van der Waals surface area contributed by atoms with Gasteiger partial charge in [-0.15, -0.1) is 0 Å². The third-order valence-electron chi connectivity index (χ3n) is 2.47. The summed E-state index contributed by atoms with van der Waals surface area (Å²) in [4.78, 5) is 26.5. The molecule has 0 unspecified atom stereocenters. The Morgan fingerprint density at radius 1 is 1.25 bits per heavy atom. The van der Waals surface area contributed by atoms with Crippen LogP contribution >= 0.6 is 21.6 Å². The lowest BCUT2D eigenvalue weighted by Gasteiger charge is -2.04. The molecule has 1 amide bonds. The normalized spacial score (nSPS) is 10.2. The highest BCUT2D eigenvalue weighted by Gasteiger charge is 2.02. The topological polar surface area (TPSA) is 59.1 Å². The van der Waals surface area contributed by atoms with Crippen LogP contribution in [0.3, 0.4) is 0 Å². The highest BCUT2D eigenvalue weighted by Crippen LogP contribution is 2.29. The molecule has 1 aromatic heterocycles. The largest absolute Gasteiger partial charge is 0.356 e. The number of ketones is 1. The van der Waals surface area contributed by atoms with Gasteiger partial charge in [0.05, 0.1) is 0 Å². The lowest BCUT2D eigenvalue weighted by Crippen LogP contribution is -2.24. The molecule has 0 spiro atoms. The molecular weight excluding hydrogens is 292 g/mol. The summed E-state index contributed by atoms with van der Waals surface area (Å²) in [5.41, 5.74) is 0. The van der Waals surface area contributed by atoms with Gasteiger partial charge in [0.25, 0.3) is 0 Å². The molecule has 110 valence electrons. The minimum absolute atomic E-state index is 0.0712. The maximum absolute atomic E-state index is 11.5. The van der Waals surface area contributed by atoms with Crippen molar-refractivity contribution in [3.63, 3.8) is 0 Å². The number of nitrogens with one attached hydrogen (secondary N) is 1. The Morgan fingerprint density at radius 3 is 2.80 bits per heavy atom. The Balaban J connectivity index is 1.96. The molecule has 0 fully saturated rings. The van der Waals surface area contributed by atoms with Crippen LogP contribution in [0.1, 0.15) is 32.6 Å². The summed E-state index contributed by atoms with van der Waals surface area (Å²) in [6, 6.07) is 5.78. The van der Waals surface area contributed by atoms with Gasteiger partial charge in [0.15, 0.2) is 0 Å². The van der Waals surface area contributed by atoms with Crippen LogP contribution in [-0.4, -0.2) is 29.0 Å². The Bertz CT molecular complexity index is 413. The second-order valence-corrected chi connectivity index (χ2v) is 6.77. The van der Waals surface area contributed by atoms with E-state index in [0.717, 1.165) is 23.6 Å². The van der Waals surface area contributed by atoms with Gasteiger partial charge < -0.3 is 10.1 Å². The van der Waals surface area contributed by atoms with Gasteiger partial charge in [-0.3, -0.25) is 4.79 Å². The molecule has 0 atom stereocenters. The molecule has 0 aliphatic carbocycles. The Morgan fingerprint density at radius 2 is 2.10 bits per heavy atom. The first-order valence-corrected chi connectivity index (χ1v) is 8.97. The third kappa shape index (κ3) is 8.98. The Kier molecular flexibility index (Phi) is 9.15. The van der Waals surface area contributed by atoms with Crippen LogP contribution in [0.5, 0.6) is 0 Å². The molecular formula is C14H20N2O2S2. The van der Waals surface area contributed by atoms with E-state index in [1.54, 1.807) is 34.7 Å². The number of aromatic nitrogens is 1. The zero-order valence-electron chi connectivity index (χ0n) is 11.6. The molecule has 1 aromatic rings. The number of Topliss-reactive ketones (excluding diaryl/α,β-unsaturated/α-hetero) is 1. The van der Waals surface area contributed by atoms with Gasteiger partial charge in [0, 0.05) is 31.3 Å². The van der Waals surface area contributed by atoms with Crippen LogP contribution in [0.2, 0.25) is 0 Å². The fourth-order valence-corrected chi connectivity index (χ4v) is 3.32. The second-order valence-electron chi connectivity index (χ2n) is 4.33. The summed E-state index contributed by atoms with van der Waals surface area (Å²) in [6.45, 7) is 2.25. The highest BCUT2D eigenvalue weighted by atomic mass is 33.1. The predicted octanol–water partition coefficient (Wildman–Crippen LogP) is 3.09. The van der Waals surface area contributed by atoms with Crippen molar-refractivity contribution in [2.24, 2.45) is 0 Å². The second kappa shape index (κ2) is 10.7. The van der Waals surface area contributed by atoms with Crippen molar-refractivity contribution in [3.8, 4) is 0 Å². The SMILES string of the molecule is CC(=O)CCCCNC(=O)CCSSc1ccccn1. The van der Waals surface area contributed by atoms with E-state index >= 15 is 0 Å². The molecule has 0 saturated heterocycles. The monoisotopic (exact) mass is 312 g/mol. The number of hydrogen-bond acceptors (Lipinski definition) is 5. The number of hydrogen-bond donors (Lipinski definition) is 1. The smallest absolute Gasteiger partial charge is 0.220 e. The van der Waals surface area contributed by atoms with Gasteiger partial charge >= 0.3 is 0 Å². The average Bonchev–Trinajstić information content (AvgIpc) is 2.44. The standard InChI is InChI=1S/C14H20N2O2S2/c1-12(17)6-2-4-9-15-13(18)8-11-19-20-14-7-3-5-10-16-14/h3,5,7,10H,2,4,6,8-9,11H2,1H3,(H,15,18).